The summed E-state index contributed by atoms with van der Waals surface area (Å²) in [6.07, 6.45) is 0. The summed E-state index contributed by atoms with van der Waals surface area (Å²) >= 11 is 1.88. The Morgan fingerprint density at radius 3 is 2.76 bits per heavy atom. The van der Waals surface area contributed by atoms with E-state index in [4.69, 9.17) is 4.74 Å². The van der Waals surface area contributed by atoms with Gasteiger partial charge in [-0.2, -0.15) is 0 Å². The maximum atomic E-state index is 5.28. The van der Waals surface area contributed by atoms with E-state index in [1.54, 1.807) is 7.11 Å². The van der Waals surface area contributed by atoms with Crippen LogP contribution >= 0.6 is 11.3 Å². The quantitative estimate of drug-likeness (QED) is 0.848. The number of nitrogens with zero attached hydrogens (tertiary/aromatic N) is 1. The van der Waals surface area contributed by atoms with Gasteiger partial charge in [0.05, 0.1) is 7.11 Å². The minimum absolute atomic E-state index is 0.920. The monoisotopic (exact) mass is 304 g/mol. The highest BCUT2D eigenvalue weighted by Crippen LogP contribution is 2.23. The topological polar surface area (TPSA) is 24.5 Å². The summed E-state index contributed by atoms with van der Waals surface area (Å²) < 4.78 is 5.28. The van der Waals surface area contributed by atoms with Crippen molar-refractivity contribution in [1.29, 1.82) is 0 Å². The highest BCUT2D eigenvalue weighted by Gasteiger charge is 2.08. The predicted molar refractivity (Wildman–Crippen MR) is 90.0 cm³/mol. The number of thiophene rings is 1. The van der Waals surface area contributed by atoms with Crippen molar-refractivity contribution in [2.45, 2.75) is 26.6 Å². The Labute approximate surface area is 131 Å². The number of ether oxygens (including phenoxy) is 1. The largest absolute Gasteiger partial charge is 0.497 e. The summed E-state index contributed by atoms with van der Waals surface area (Å²) in [7, 11) is 5.86. The first-order valence-electron chi connectivity index (χ1n) is 7.16. The van der Waals surface area contributed by atoms with Crippen LogP contribution in [0.25, 0.3) is 0 Å². The van der Waals surface area contributed by atoms with Crippen molar-refractivity contribution < 1.29 is 4.74 Å². The fourth-order valence-corrected chi connectivity index (χ4v) is 3.50. The predicted octanol–water partition coefficient (Wildman–Crippen LogP) is 3.42. The number of hydrogen-bond donors (Lipinski definition) is 1. The molecule has 0 radical (unpaired) electrons. The van der Waals surface area contributed by atoms with E-state index in [1.165, 1.54) is 20.9 Å². The summed E-state index contributed by atoms with van der Waals surface area (Å²) in [5.74, 6) is 0.920. The zero-order valence-corrected chi connectivity index (χ0v) is 14.1. The van der Waals surface area contributed by atoms with E-state index in [1.807, 2.05) is 30.5 Å². The molecule has 0 aliphatic carbocycles. The molecule has 1 aromatic heterocycles. The van der Waals surface area contributed by atoms with Crippen molar-refractivity contribution in [3.8, 4) is 5.75 Å². The minimum atomic E-state index is 0.920. The summed E-state index contributed by atoms with van der Waals surface area (Å²) in [6.45, 7) is 5.06. The second-order valence-electron chi connectivity index (χ2n) is 5.35. The Kier molecular flexibility index (Phi) is 5.79. The van der Waals surface area contributed by atoms with Gasteiger partial charge in [-0.25, -0.2) is 0 Å². The smallest absolute Gasteiger partial charge is 0.119 e. The van der Waals surface area contributed by atoms with E-state index < -0.39 is 0 Å². The first kappa shape index (κ1) is 16.0. The highest BCUT2D eigenvalue weighted by atomic mass is 32.1. The molecule has 2 rings (SSSR count). The number of aryl methyl sites for hydroxylation is 1. The van der Waals surface area contributed by atoms with Crippen molar-refractivity contribution in [3.63, 3.8) is 0 Å². The van der Waals surface area contributed by atoms with Crippen molar-refractivity contribution in [1.82, 2.24) is 10.2 Å². The highest BCUT2D eigenvalue weighted by molar-refractivity contribution is 7.12. The molecule has 0 atom stereocenters. The van der Waals surface area contributed by atoms with Gasteiger partial charge >= 0.3 is 0 Å². The molecule has 0 aliphatic heterocycles. The van der Waals surface area contributed by atoms with Crippen molar-refractivity contribution in [2.24, 2.45) is 0 Å². The fraction of sp³-hybridized carbons (Fsp3) is 0.412. The van der Waals surface area contributed by atoms with Crippen LogP contribution in [0.3, 0.4) is 0 Å². The lowest BCUT2D eigenvalue weighted by Crippen LogP contribution is -2.17. The molecule has 0 amide bonds. The second-order valence-corrected chi connectivity index (χ2v) is 6.69. The molecule has 1 N–H and O–H groups in total. The molecule has 2 aromatic rings. The lowest BCUT2D eigenvalue weighted by molar-refractivity contribution is 0.318. The van der Waals surface area contributed by atoms with E-state index in [9.17, 15) is 0 Å². The molecular formula is C17H24N2OS. The van der Waals surface area contributed by atoms with Crippen LogP contribution in [0.1, 0.15) is 20.9 Å². The molecule has 0 aliphatic rings. The van der Waals surface area contributed by atoms with E-state index in [0.29, 0.717) is 0 Å². The number of methoxy groups -OCH3 is 1. The van der Waals surface area contributed by atoms with Gasteiger partial charge in [-0.05, 0) is 50.3 Å². The Hall–Kier alpha value is -1.36. The van der Waals surface area contributed by atoms with Crippen LogP contribution in [0.15, 0.2) is 30.3 Å². The molecule has 0 fully saturated rings. The van der Waals surface area contributed by atoms with E-state index in [0.717, 1.165) is 25.4 Å². The molecule has 0 spiro atoms. The molecule has 1 aromatic carbocycles. The van der Waals surface area contributed by atoms with Crippen LogP contribution in [0.4, 0.5) is 0 Å². The second kappa shape index (κ2) is 7.59. The first-order chi connectivity index (χ1) is 10.1. The number of rotatable bonds is 7. The van der Waals surface area contributed by atoms with Gasteiger partial charge in [-0.15, -0.1) is 11.3 Å². The summed E-state index contributed by atoms with van der Waals surface area (Å²) in [4.78, 5) is 5.16. The molecular weight excluding hydrogens is 280 g/mol. The van der Waals surface area contributed by atoms with Crippen LogP contribution in [0.5, 0.6) is 5.75 Å². The average molecular weight is 304 g/mol. The molecule has 0 bridgehead atoms. The lowest BCUT2D eigenvalue weighted by Gasteiger charge is -2.17. The molecule has 0 saturated heterocycles. The van der Waals surface area contributed by atoms with E-state index >= 15 is 0 Å². The standard InChI is InChI=1S/C17H24N2OS/c1-13-15(9-17(21-13)10-18-2)12-19(3)11-14-6-5-7-16(8-14)20-4/h5-9,18H,10-12H2,1-4H3. The average Bonchev–Trinajstić information content (AvgIpc) is 2.79. The third kappa shape index (κ3) is 4.56. The SMILES string of the molecule is CNCc1cc(CN(C)Cc2cccc(OC)c2)c(C)s1. The summed E-state index contributed by atoms with van der Waals surface area (Å²) in [5, 5.41) is 3.21. The summed E-state index contributed by atoms with van der Waals surface area (Å²) in [6, 6.07) is 10.6. The van der Waals surface area contributed by atoms with Crippen molar-refractivity contribution in [3.05, 3.63) is 51.2 Å². The molecule has 0 saturated carbocycles. The van der Waals surface area contributed by atoms with Gasteiger partial charge < -0.3 is 10.1 Å². The maximum Gasteiger partial charge on any atom is 0.119 e. The molecule has 1 heterocycles. The van der Waals surface area contributed by atoms with Gasteiger partial charge in [-0.3, -0.25) is 4.90 Å². The molecule has 21 heavy (non-hydrogen) atoms. The Morgan fingerprint density at radius 2 is 2.05 bits per heavy atom. The Balaban J connectivity index is 1.99. The van der Waals surface area contributed by atoms with E-state index in [-0.39, 0.29) is 0 Å². The van der Waals surface area contributed by atoms with Crippen LogP contribution in [0.2, 0.25) is 0 Å². The van der Waals surface area contributed by atoms with Crippen LogP contribution in [-0.4, -0.2) is 26.1 Å². The Morgan fingerprint density at radius 1 is 1.24 bits per heavy atom. The van der Waals surface area contributed by atoms with Gasteiger partial charge in [0.2, 0.25) is 0 Å². The third-order valence-corrected chi connectivity index (χ3v) is 4.54. The maximum absolute atomic E-state index is 5.28. The van der Waals surface area contributed by atoms with Gasteiger partial charge in [-0.1, -0.05) is 12.1 Å². The van der Waals surface area contributed by atoms with Gasteiger partial charge in [0.1, 0.15) is 5.75 Å². The zero-order valence-electron chi connectivity index (χ0n) is 13.3. The van der Waals surface area contributed by atoms with Crippen LogP contribution in [-0.2, 0) is 19.6 Å². The van der Waals surface area contributed by atoms with Gasteiger partial charge in [0, 0.05) is 29.4 Å². The van der Waals surface area contributed by atoms with Crippen molar-refractivity contribution in [2.75, 3.05) is 21.2 Å². The number of hydrogen-bond acceptors (Lipinski definition) is 4. The summed E-state index contributed by atoms with van der Waals surface area (Å²) in [5.41, 5.74) is 2.70. The third-order valence-electron chi connectivity index (χ3n) is 3.45. The van der Waals surface area contributed by atoms with Gasteiger partial charge in [0.25, 0.3) is 0 Å². The first-order valence-corrected chi connectivity index (χ1v) is 7.98. The Bertz CT molecular complexity index is 580. The van der Waals surface area contributed by atoms with Crippen LogP contribution in [0, 0.1) is 6.92 Å². The molecule has 114 valence electrons. The fourth-order valence-electron chi connectivity index (χ4n) is 2.44. The van der Waals surface area contributed by atoms with Gasteiger partial charge in [0.15, 0.2) is 0 Å². The minimum Gasteiger partial charge on any atom is -0.497 e. The normalized spacial score (nSPS) is 11.1. The zero-order chi connectivity index (χ0) is 15.2. The number of benzene rings is 1. The molecule has 4 heteroatoms. The molecule has 3 nitrogen and oxygen atoms in total. The van der Waals surface area contributed by atoms with Crippen molar-refractivity contribution >= 4 is 11.3 Å². The van der Waals surface area contributed by atoms with Crippen LogP contribution < -0.4 is 10.1 Å². The number of nitrogens with one attached hydrogen (secondary N) is 1. The molecule has 0 unspecified atom stereocenters. The lowest BCUT2D eigenvalue weighted by atomic mass is 10.2. The van der Waals surface area contributed by atoms with E-state index in [2.05, 4.69) is 42.4 Å².